The number of aryl methyl sites for hydroxylation is 1. The van der Waals surface area contributed by atoms with Crippen molar-refractivity contribution in [3.63, 3.8) is 0 Å². The van der Waals surface area contributed by atoms with Gasteiger partial charge in [0.25, 0.3) is 0 Å². The topological polar surface area (TPSA) is 21.3 Å². The normalized spacial score (nSPS) is 14.3. The van der Waals surface area contributed by atoms with Crippen LogP contribution in [0.1, 0.15) is 37.4 Å². The number of benzene rings is 1. The Morgan fingerprint density at radius 1 is 1.39 bits per heavy atom. The molecule has 0 amide bonds. The summed E-state index contributed by atoms with van der Waals surface area (Å²) in [6, 6.07) is 7.28. The van der Waals surface area contributed by atoms with Crippen LogP contribution in [0, 0.1) is 6.92 Å². The lowest BCUT2D eigenvalue weighted by molar-refractivity contribution is 0.394. The van der Waals surface area contributed by atoms with Gasteiger partial charge in [-0.05, 0) is 38.2 Å². The molecule has 0 aliphatic heterocycles. The molecular formula is C15H25NOS. The van der Waals surface area contributed by atoms with Gasteiger partial charge in [-0.1, -0.05) is 19.1 Å². The number of thioether (sulfide) groups is 1. The number of methoxy groups -OCH3 is 1. The molecule has 1 N–H and O–H groups in total. The maximum absolute atomic E-state index is 5.48. The van der Waals surface area contributed by atoms with Crippen LogP contribution in [0.4, 0.5) is 0 Å². The number of ether oxygens (including phenoxy) is 1. The summed E-state index contributed by atoms with van der Waals surface area (Å²) in [6.07, 6.45) is 3.31. The highest BCUT2D eigenvalue weighted by atomic mass is 32.2. The van der Waals surface area contributed by atoms with Crippen LogP contribution < -0.4 is 10.1 Å². The Bertz CT molecular complexity index is 368. The summed E-state index contributed by atoms with van der Waals surface area (Å²) in [5.74, 6) is 2.13. The van der Waals surface area contributed by atoms with Crippen molar-refractivity contribution in [2.75, 3.05) is 19.1 Å². The molecule has 1 rings (SSSR count). The zero-order chi connectivity index (χ0) is 13.5. The molecule has 2 unspecified atom stereocenters. The third-order valence-corrected chi connectivity index (χ3v) is 3.94. The summed E-state index contributed by atoms with van der Waals surface area (Å²) in [6.45, 7) is 6.52. The standard InChI is InChI=1S/C15H25NOS/c1-6-13(10-18-5)16-12(3)14-8-7-11(2)9-15(14)17-4/h7-9,12-13,16H,6,10H2,1-5H3. The smallest absolute Gasteiger partial charge is 0.123 e. The van der Waals surface area contributed by atoms with E-state index in [-0.39, 0.29) is 0 Å². The van der Waals surface area contributed by atoms with E-state index >= 15 is 0 Å². The second kappa shape index (κ2) is 7.70. The monoisotopic (exact) mass is 267 g/mol. The van der Waals surface area contributed by atoms with Crippen molar-refractivity contribution in [2.24, 2.45) is 0 Å². The lowest BCUT2D eigenvalue weighted by Crippen LogP contribution is -2.33. The fraction of sp³-hybridized carbons (Fsp3) is 0.600. The first-order chi connectivity index (χ1) is 8.62. The van der Waals surface area contributed by atoms with E-state index in [2.05, 4.69) is 50.5 Å². The van der Waals surface area contributed by atoms with Crippen LogP contribution in [0.15, 0.2) is 18.2 Å². The number of rotatable bonds is 7. The molecule has 0 heterocycles. The van der Waals surface area contributed by atoms with Crippen LogP contribution >= 0.6 is 11.8 Å². The minimum Gasteiger partial charge on any atom is -0.496 e. The summed E-state index contributed by atoms with van der Waals surface area (Å²) in [5, 5.41) is 3.68. The van der Waals surface area contributed by atoms with Crippen molar-refractivity contribution in [1.82, 2.24) is 5.32 Å². The molecule has 0 aliphatic rings. The molecule has 0 saturated heterocycles. The minimum absolute atomic E-state index is 0.317. The van der Waals surface area contributed by atoms with Gasteiger partial charge in [-0.2, -0.15) is 11.8 Å². The van der Waals surface area contributed by atoms with Crippen LogP contribution in [-0.2, 0) is 0 Å². The van der Waals surface area contributed by atoms with Crippen molar-refractivity contribution in [1.29, 1.82) is 0 Å². The van der Waals surface area contributed by atoms with E-state index in [9.17, 15) is 0 Å². The first-order valence-corrected chi connectivity index (χ1v) is 7.91. The molecule has 2 nitrogen and oxygen atoms in total. The molecule has 18 heavy (non-hydrogen) atoms. The molecule has 1 aromatic carbocycles. The highest BCUT2D eigenvalue weighted by molar-refractivity contribution is 7.98. The first kappa shape index (κ1) is 15.4. The average Bonchev–Trinajstić information content (AvgIpc) is 2.37. The zero-order valence-corrected chi connectivity index (χ0v) is 12.9. The van der Waals surface area contributed by atoms with E-state index in [1.54, 1.807) is 7.11 Å². The Hall–Kier alpha value is -0.670. The third-order valence-electron chi connectivity index (χ3n) is 3.20. The summed E-state index contributed by atoms with van der Waals surface area (Å²) in [7, 11) is 1.74. The van der Waals surface area contributed by atoms with Crippen LogP contribution in [0.25, 0.3) is 0 Å². The average molecular weight is 267 g/mol. The first-order valence-electron chi connectivity index (χ1n) is 6.51. The van der Waals surface area contributed by atoms with Crippen molar-refractivity contribution in [3.05, 3.63) is 29.3 Å². The van der Waals surface area contributed by atoms with Gasteiger partial charge in [0.2, 0.25) is 0 Å². The Balaban J connectivity index is 2.79. The second-order valence-electron chi connectivity index (χ2n) is 4.69. The molecule has 3 heteroatoms. The molecule has 2 atom stereocenters. The minimum atomic E-state index is 0.317. The summed E-state index contributed by atoms with van der Waals surface area (Å²) in [4.78, 5) is 0. The van der Waals surface area contributed by atoms with Crippen molar-refractivity contribution < 1.29 is 4.74 Å². The van der Waals surface area contributed by atoms with Crippen LogP contribution in [-0.4, -0.2) is 25.2 Å². The van der Waals surface area contributed by atoms with E-state index in [0.29, 0.717) is 12.1 Å². The summed E-state index contributed by atoms with van der Waals surface area (Å²) >= 11 is 1.89. The Morgan fingerprint density at radius 3 is 2.67 bits per heavy atom. The summed E-state index contributed by atoms with van der Waals surface area (Å²) < 4.78 is 5.48. The molecule has 1 aromatic rings. The number of nitrogens with one attached hydrogen (secondary N) is 1. The number of hydrogen-bond donors (Lipinski definition) is 1. The quantitative estimate of drug-likeness (QED) is 0.812. The molecule has 0 spiro atoms. The number of hydrogen-bond acceptors (Lipinski definition) is 3. The molecule has 0 radical (unpaired) electrons. The van der Waals surface area contributed by atoms with Gasteiger partial charge in [-0.15, -0.1) is 0 Å². The zero-order valence-electron chi connectivity index (χ0n) is 12.1. The van der Waals surface area contributed by atoms with E-state index < -0.39 is 0 Å². The van der Waals surface area contributed by atoms with Gasteiger partial charge in [0.15, 0.2) is 0 Å². The third kappa shape index (κ3) is 4.21. The Morgan fingerprint density at radius 2 is 2.11 bits per heavy atom. The molecule has 0 saturated carbocycles. The fourth-order valence-electron chi connectivity index (χ4n) is 2.10. The van der Waals surface area contributed by atoms with Crippen molar-refractivity contribution in [3.8, 4) is 5.75 Å². The SMILES string of the molecule is CCC(CSC)NC(C)c1ccc(C)cc1OC. The van der Waals surface area contributed by atoms with Crippen LogP contribution in [0.5, 0.6) is 5.75 Å². The summed E-state index contributed by atoms with van der Waals surface area (Å²) in [5.41, 5.74) is 2.47. The molecule has 0 fully saturated rings. The molecule has 0 bridgehead atoms. The predicted molar refractivity (Wildman–Crippen MR) is 81.7 cm³/mol. The fourth-order valence-corrected chi connectivity index (χ4v) is 2.84. The Labute approximate surface area is 116 Å². The highest BCUT2D eigenvalue weighted by Gasteiger charge is 2.15. The molecule has 0 aromatic heterocycles. The largest absolute Gasteiger partial charge is 0.496 e. The van der Waals surface area contributed by atoms with E-state index in [4.69, 9.17) is 4.74 Å². The van der Waals surface area contributed by atoms with Crippen molar-refractivity contribution >= 4 is 11.8 Å². The maximum atomic E-state index is 5.48. The highest BCUT2D eigenvalue weighted by Crippen LogP contribution is 2.26. The Kier molecular flexibility index (Phi) is 6.58. The molecule has 0 aliphatic carbocycles. The van der Waals surface area contributed by atoms with Crippen LogP contribution in [0.2, 0.25) is 0 Å². The maximum Gasteiger partial charge on any atom is 0.123 e. The van der Waals surface area contributed by atoms with Gasteiger partial charge >= 0.3 is 0 Å². The van der Waals surface area contributed by atoms with E-state index in [0.717, 1.165) is 17.9 Å². The van der Waals surface area contributed by atoms with Gasteiger partial charge in [-0.25, -0.2) is 0 Å². The van der Waals surface area contributed by atoms with Gasteiger partial charge in [0.1, 0.15) is 5.75 Å². The van der Waals surface area contributed by atoms with E-state index in [1.807, 2.05) is 11.8 Å². The second-order valence-corrected chi connectivity index (χ2v) is 5.60. The van der Waals surface area contributed by atoms with Gasteiger partial charge in [-0.3, -0.25) is 0 Å². The lowest BCUT2D eigenvalue weighted by Gasteiger charge is -2.23. The van der Waals surface area contributed by atoms with Crippen molar-refractivity contribution in [2.45, 2.75) is 39.3 Å². The van der Waals surface area contributed by atoms with Gasteiger partial charge in [0, 0.05) is 23.4 Å². The molecule has 102 valence electrons. The van der Waals surface area contributed by atoms with Gasteiger partial charge in [0.05, 0.1) is 7.11 Å². The lowest BCUT2D eigenvalue weighted by atomic mass is 10.0. The van der Waals surface area contributed by atoms with Crippen LogP contribution in [0.3, 0.4) is 0 Å². The molecular weight excluding hydrogens is 242 g/mol. The van der Waals surface area contributed by atoms with E-state index in [1.165, 1.54) is 11.1 Å². The predicted octanol–water partition coefficient (Wildman–Crippen LogP) is 3.80. The van der Waals surface area contributed by atoms with Gasteiger partial charge < -0.3 is 10.1 Å².